The first kappa shape index (κ1) is 91.4. The average Bonchev–Trinajstić information content (AvgIpc) is 2.44. The maximum absolute atomic E-state index is 13.1. The summed E-state index contributed by atoms with van der Waals surface area (Å²) in [4.78, 5) is 70.3. The van der Waals surface area contributed by atoms with Gasteiger partial charge >= 0.3 is 33.6 Å². The Kier molecular flexibility index (Phi) is 68.4. The molecule has 0 radical (unpaired) electrons. The number of hydrogen-bond donors (Lipinski definition) is 3. The van der Waals surface area contributed by atoms with Crippen molar-refractivity contribution in [3.8, 4) is 0 Å². The van der Waals surface area contributed by atoms with E-state index in [2.05, 4.69) is 57.2 Å². The van der Waals surface area contributed by atoms with Crippen molar-refractivity contribution in [1.29, 1.82) is 0 Å². The number of aldehydes is 1. The van der Waals surface area contributed by atoms with Crippen LogP contribution in [0.3, 0.4) is 0 Å². The van der Waals surface area contributed by atoms with Crippen molar-refractivity contribution in [3.05, 3.63) is 36.5 Å². The fourth-order valence-electron chi connectivity index (χ4n) is 10.7. The highest BCUT2D eigenvalue weighted by Crippen LogP contribution is 2.45. The van der Waals surface area contributed by atoms with Crippen molar-refractivity contribution in [3.63, 3.8) is 0 Å². The summed E-state index contributed by atoms with van der Waals surface area (Å²) in [7, 11) is -9.78. The topological polar surface area (TPSA) is 237 Å². The van der Waals surface area contributed by atoms with Gasteiger partial charge in [-0.1, -0.05) is 276 Å². The molecule has 0 rings (SSSR count). The molecule has 19 heteroatoms. The van der Waals surface area contributed by atoms with Crippen LogP contribution in [0.15, 0.2) is 36.5 Å². The third-order valence-corrected chi connectivity index (χ3v) is 18.5. The number of rotatable bonds is 75. The molecule has 0 aromatic rings. The Labute approximate surface area is 573 Å². The molecule has 0 aliphatic heterocycles. The van der Waals surface area contributed by atoms with E-state index >= 15 is 0 Å². The fraction of sp³-hybridized carbons (Fsp3) is 0.867. The van der Waals surface area contributed by atoms with Crippen LogP contribution in [0.1, 0.15) is 355 Å². The summed E-state index contributed by atoms with van der Waals surface area (Å²) in [6, 6.07) is 0. The number of phosphoric ester groups is 2. The molecule has 0 fully saturated rings. The molecule has 0 aliphatic rings. The Morgan fingerprint density at radius 3 is 1.02 bits per heavy atom. The van der Waals surface area contributed by atoms with Crippen molar-refractivity contribution in [2.45, 2.75) is 373 Å². The van der Waals surface area contributed by atoms with Gasteiger partial charge < -0.3 is 38.6 Å². The van der Waals surface area contributed by atoms with Crippen LogP contribution < -0.4 is 0 Å². The average molecular weight is 1380 g/mol. The van der Waals surface area contributed by atoms with Gasteiger partial charge in [0.15, 0.2) is 6.10 Å². The van der Waals surface area contributed by atoms with Gasteiger partial charge in [0.1, 0.15) is 31.7 Å². The van der Waals surface area contributed by atoms with Crippen LogP contribution in [-0.2, 0) is 65.4 Å². The van der Waals surface area contributed by atoms with Crippen molar-refractivity contribution < 1.29 is 80.2 Å². The van der Waals surface area contributed by atoms with Crippen molar-refractivity contribution in [1.82, 2.24) is 0 Å². The highest BCUT2D eigenvalue weighted by atomic mass is 31.2. The van der Waals surface area contributed by atoms with Gasteiger partial charge in [0.2, 0.25) is 0 Å². The summed E-state index contributed by atoms with van der Waals surface area (Å²) in [5, 5.41) is 10.6. The Morgan fingerprint density at radius 2 is 0.628 bits per heavy atom. The van der Waals surface area contributed by atoms with E-state index in [0.29, 0.717) is 38.7 Å². The highest BCUT2D eigenvalue weighted by molar-refractivity contribution is 7.47. The van der Waals surface area contributed by atoms with Crippen LogP contribution in [0.25, 0.3) is 0 Å². The maximum atomic E-state index is 13.1. The van der Waals surface area contributed by atoms with Gasteiger partial charge in [0, 0.05) is 32.3 Å². The lowest BCUT2D eigenvalue weighted by molar-refractivity contribution is -0.161. The summed E-state index contributed by atoms with van der Waals surface area (Å²) in [6.07, 6.45) is 64.8. The molecule has 552 valence electrons. The molecular weight excluding hydrogens is 1230 g/mol. The lowest BCUT2D eigenvalue weighted by atomic mass is 10.0. The standard InChI is InChI=1S/C75H140O17P2/c1-4-7-10-13-16-19-22-25-26-31-35-40-44-49-54-59-73(78)86-66-71(85-63-58-53-48-43-38-33-28-27-32-37-42-47-52-57-62-76)68-90-93(81,82)88-64-70(77)65-89-94(83,84)91-69-72(92-75(80)61-56-51-46-41-36-30-24-21-18-15-12-9-6-3)67-87-74(79)60-55-50-45-39-34-29-23-20-17-14-11-8-5-2/h16,19,25-28,62,70-72,77H,4-15,17-18,20-24,29-61,63-69H2,1-3H3,(H,81,82)(H,83,84)/b19-16-,26-25-,28-27-/t70-,71-,72-/m1/s1. The molecule has 3 N–H and O–H groups in total. The third kappa shape index (κ3) is 69.3. The first-order chi connectivity index (χ1) is 45.8. The second kappa shape index (κ2) is 70.3. The number of unbranched alkanes of at least 4 members (excludes halogenated alkanes) is 42. The van der Waals surface area contributed by atoms with Gasteiger partial charge in [-0.25, -0.2) is 9.13 Å². The number of allylic oxidation sites excluding steroid dienone is 6. The number of phosphoric acid groups is 2. The highest BCUT2D eigenvalue weighted by Gasteiger charge is 2.30. The molecule has 0 aromatic heterocycles. The summed E-state index contributed by atoms with van der Waals surface area (Å²) in [5.41, 5.74) is 0. The molecule has 17 nitrogen and oxygen atoms in total. The molecule has 0 aliphatic carbocycles. The second-order valence-electron chi connectivity index (χ2n) is 25.9. The first-order valence-corrected chi connectivity index (χ1v) is 41.2. The number of esters is 3. The number of hydrogen-bond acceptors (Lipinski definition) is 15. The van der Waals surface area contributed by atoms with E-state index in [1.807, 2.05) is 0 Å². The molecule has 0 aromatic carbocycles. The SMILES string of the molecule is CCCCC/C=C\C/C=C\CCCCCCCC(=O)OC[C@H](COP(=O)(O)OC[C@@H](O)COP(=O)(O)OC[C@@H](COC(=O)CCCCCCCCCCCCCCC)OC(=O)CCCCCCCCCCCCCCC)OCCCCCCC/C=C\CCCCCCC=O. The van der Waals surface area contributed by atoms with Crippen LogP contribution in [0.2, 0.25) is 0 Å². The molecular formula is C75H140O17P2. The minimum absolute atomic E-state index is 0.116. The first-order valence-electron chi connectivity index (χ1n) is 38.2. The monoisotopic (exact) mass is 1370 g/mol. The van der Waals surface area contributed by atoms with Gasteiger partial charge in [-0.3, -0.25) is 32.5 Å². The summed E-state index contributed by atoms with van der Waals surface area (Å²) in [5.74, 6) is -1.45. The number of aliphatic hydroxyl groups excluding tert-OH is 1. The normalized spacial score (nSPS) is 14.2. The van der Waals surface area contributed by atoms with E-state index in [1.54, 1.807) is 0 Å². The number of carbonyl (C=O) groups is 4. The van der Waals surface area contributed by atoms with E-state index in [4.69, 9.17) is 37.0 Å². The molecule has 5 atom stereocenters. The van der Waals surface area contributed by atoms with Crippen LogP contribution in [0, 0.1) is 0 Å². The van der Waals surface area contributed by atoms with E-state index in [0.717, 1.165) is 160 Å². The summed E-state index contributed by atoms with van der Waals surface area (Å²) in [6.45, 7) is 3.54. The predicted octanol–water partition coefficient (Wildman–Crippen LogP) is 21.2. The van der Waals surface area contributed by atoms with Gasteiger partial charge in [-0.15, -0.1) is 0 Å². The zero-order valence-electron chi connectivity index (χ0n) is 59.9. The number of ether oxygens (including phenoxy) is 4. The minimum atomic E-state index is -4.93. The fourth-order valence-corrected chi connectivity index (χ4v) is 12.3. The zero-order chi connectivity index (χ0) is 68.8. The molecule has 0 saturated carbocycles. The van der Waals surface area contributed by atoms with E-state index in [9.17, 15) is 43.2 Å². The van der Waals surface area contributed by atoms with Crippen molar-refractivity contribution in [2.75, 3.05) is 46.2 Å². The lowest BCUT2D eigenvalue weighted by Crippen LogP contribution is -2.30. The van der Waals surface area contributed by atoms with Gasteiger partial charge in [-0.2, -0.15) is 0 Å². The Balaban J connectivity index is 5.23. The molecule has 94 heavy (non-hydrogen) atoms. The van der Waals surface area contributed by atoms with Crippen LogP contribution in [0.5, 0.6) is 0 Å². The smallest absolute Gasteiger partial charge is 0.463 e. The molecule has 0 amide bonds. The van der Waals surface area contributed by atoms with Gasteiger partial charge in [0.05, 0.1) is 26.4 Å². The lowest BCUT2D eigenvalue weighted by Gasteiger charge is -2.21. The number of carbonyl (C=O) groups excluding carboxylic acids is 4. The number of aliphatic hydroxyl groups is 1. The molecule has 0 heterocycles. The second-order valence-corrected chi connectivity index (χ2v) is 28.8. The van der Waals surface area contributed by atoms with Gasteiger partial charge in [0.25, 0.3) is 0 Å². The molecule has 0 spiro atoms. The van der Waals surface area contributed by atoms with Crippen LogP contribution >= 0.6 is 15.6 Å². The minimum Gasteiger partial charge on any atom is -0.463 e. The largest absolute Gasteiger partial charge is 0.472 e. The predicted molar refractivity (Wildman–Crippen MR) is 382 cm³/mol. The Morgan fingerprint density at radius 1 is 0.340 bits per heavy atom. The van der Waals surface area contributed by atoms with Crippen molar-refractivity contribution >= 4 is 39.8 Å². The van der Waals surface area contributed by atoms with E-state index in [1.165, 1.54) is 128 Å². The molecule has 2 unspecified atom stereocenters. The van der Waals surface area contributed by atoms with Crippen LogP contribution in [-0.4, -0.2) is 104 Å². The van der Waals surface area contributed by atoms with Crippen LogP contribution in [0.4, 0.5) is 0 Å². The zero-order valence-corrected chi connectivity index (χ0v) is 61.7. The Bertz CT molecular complexity index is 1900. The third-order valence-electron chi connectivity index (χ3n) is 16.6. The van der Waals surface area contributed by atoms with E-state index in [-0.39, 0.29) is 25.9 Å². The maximum Gasteiger partial charge on any atom is 0.472 e. The summed E-state index contributed by atoms with van der Waals surface area (Å²) >= 11 is 0. The quantitative estimate of drug-likeness (QED) is 0.0128. The van der Waals surface area contributed by atoms with Crippen molar-refractivity contribution in [2.24, 2.45) is 0 Å². The summed E-state index contributed by atoms with van der Waals surface area (Å²) < 4.78 is 69.1. The molecule has 0 bridgehead atoms. The Hall–Kier alpha value is -2.56. The van der Waals surface area contributed by atoms with Gasteiger partial charge in [-0.05, 0) is 89.9 Å². The van der Waals surface area contributed by atoms with E-state index < -0.39 is 84.9 Å². The molecule has 0 saturated heterocycles.